The van der Waals surface area contributed by atoms with Gasteiger partial charge in [0.05, 0.1) is 10.8 Å². The molecule has 0 bridgehead atoms. The maximum atomic E-state index is 12.4. The van der Waals surface area contributed by atoms with Crippen molar-refractivity contribution >= 4 is 45.9 Å². The number of aromatic nitrogens is 3. The number of aromatic amines is 1. The van der Waals surface area contributed by atoms with Crippen LogP contribution in [0.2, 0.25) is 5.02 Å². The Morgan fingerprint density at radius 1 is 1.22 bits per heavy atom. The van der Waals surface area contributed by atoms with Gasteiger partial charge in [0.25, 0.3) is 11.1 Å². The number of benzene rings is 2. The van der Waals surface area contributed by atoms with Crippen LogP contribution in [0.15, 0.2) is 64.4 Å². The third-order valence-electron chi connectivity index (χ3n) is 3.97. The lowest BCUT2D eigenvalue weighted by Gasteiger charge is -2.09. The molecule has 27 heavy (non-hydrogen) atoms. The minimum absolute atomic E-state index is 0.172. The number of para-hydroxylation sites is 1. The van der Waals surface area contributed by atoms with Gasteiger partial charge in [-0.05, 0) is 31.2 Å². The number of rotatable bonds is 5. The van der Waals surface area contributed by atoms with Gasteiger partial charge in [-0.3, -0.25) is 4.79 Å². The van der Waals surface area contributed by atoms with Gasteiger partial charge in [0.2, 0.25) is 5.91 Å². The summed E-state index contributed by atoms with van der Waals surface area (Å²) in [6, 6.07) is 14.9. The van der Waals surface area contributed by atoms with Gasteiger partial charge in [-0.2, -0.15) is 0 Å². The zero-order valence-corrected chi connectivity index (χ0v) is 15.8. The number of nitrogens with one attached hydrogen (secondary N) is 2. The molecule has 0 spiro atoms. The van der Waals surface area contributed by atoms with Crippen molar-refractivity contribution in [2.75, 3.05) is 5.32 Å². The van der Waals surface area contributed by atoms with Gasteiger partial charge in [-0.1, -0.05) is 47.6 Å². The van der Waals surface area contributed by atoms with E-state index in [2.05, 4.69) is 20.5 Å². The summed E-state index contributed by atoms with van der Waals surface area (Å²) in [5, 5.41) is 12.5. The second-order valence-corrected chi connectivity index (χ2v) is 7.61. The molecule has 2 aromatic carbocycles. The fourth-order valence-electron chi connectivity index (χ4n) is 2.63. The molecule has 136 valence electrons. The number of anilines is 1. The Morgan fingerprint density at radius 3 is 2.93 bits per heavy atom. The standard InChI is InChI=1S/C19H15ClN4O2S/c1-11(17(25)22-13-6-4-5-12(20)9-13)27-19-24-23-18(26-19)15-10-21-16-8-3-2-7-14(15)16/h2-11,21H,1H3,(H,22,25)/t11-/m0/s1. The second kappa shape index (κ2) is 7.46. The molecule has 2 heterocycles. The van der Waals surface area contributed by atoms with Gasteiger partial charge < -0.3 is 14.7 Å². The molecular weight excluding hydrogens is 384 g/mol. The van der Waals surface area contributed by atoms with Crippen LogP contribution in [0.3, 0.4) is 0 Å². The van der Waals surface area contributed by atoms with Crippen molar-refractivity contribution in [3.8, 4) is 11.5 Å². The van der Waals surface area contributed by atoms with Crippen LogP contribution >= 0.6 is 23.4 Å². The van der Waals surface area contributed by atoms with Crippen LogP contribution in [-0.4, -0.2) is 26.3 Å². The van der Waals surface area contributed by atoms with E-state index in [4.69, 9.17) is 16.0 Å². The Morgan fingerprint density at radius 2 is 2.07 bits per heavy atom. The summed E-state index contributed by atoms with van der Waals surface area (Å²) < 4.78 is 5.75. The fourth-order valence-corrected chi connectivity index (χ4v) is 3.50. The quantitative estimate of drug-likeness (QED) is 0.462. The van der Waals surface area contributed by atoms with E-state index in [1.165, 1.54) is 11.8 Å². The molecule has 4 aromatic rings. The van der Waals surface area contributed by atoms with Gasteiger partial charge in [0.1, 0.15) is 0 Å². The molecule has 0 radical (unpaired) electrons. The van der Waals surface area contributed by atoms with Crippen molar-refractivity contribution in [1.29, 1.82) is 0 Å². The van der Waals surface area contributed by atoms with Crippen molar-refractivity contribution in [2.24, 2.45) is 0 Å². The highest BCUT2D eigenvalue weighted by Crippen LogP contribution is 2.31. The van der Waals surface area contributed by atoms with Crippen LogP contribution in [0.1, 0.15) is 6.92 Å². The van der Waals surface area contributed by atoms with Gasteiger partial charge in [0, 0.05) is 27.8 Å². The van der Waals surface area contributed by atoms with Crippen molar-refractivity contribution in [3.63, 3.8) is 0 Å². The van der Waals surface area contributed by atoms with E-state index in [1.54, 1.807) is 31.2 Å². The van der Waals surface area contributed by atoms with E-state index in [1.807, 2.05) is 30.5 Å². The Balaban J connectivity index is 1.46. The van der Waals surface area contributed by atoms with E-state index in [0.717, 1.165) is 16.5 Å². The molecule has 4 rings (SSSR count). The average molecular weight is 399 g/mol. The Labute approximate surface area is 164 Å². The van der Waals surface area contributed by atoms with Crippen LogP contribution in [0.25, 0.3) is 22.4 Å². The summed E-state index contributed by atoms with van der Waals surface area (Å²) in [6.45, 7) is 1.78. The highest BCUT2D eigenvalue weighted by Gasteiger charge is 2.20. The monoisotopic (exact) mass is 398 g/mol. The Bertz CT molecular complexity index is 1110. The number of carbonyl (C=O) groups excluding carboxylic acids is 1. The zero-order chi connectivity index (χ0) is 18.8. The van der Waals surface area contributed by atoms with Crippen LogP contribution in [0, 0.1) is 0 Å². The summed E-state index contributed by atoms with van der Waals surface area (Å²) in [5.41, 5.74) is 2.47. The minimum Gasteiger partial charge on any atom is -0.411 e. The zero-order valence-electron chi connectivity index (χ0n) is 14.3. The fraction of sp³-hybridized carbons (Fsp3) is 0.105. The molecule has 0 fully saturated rings. The lowest BCUT2D eigenvalue weighted by molar-refractivity contribution is -0.115. The number of hydrogen-bond acceptors (Lipinski definition) is 5. The number of hydrogen-bond donors (Lipinski definition) is 2. The topological polar surface area (TPSA) is 83.8 Å². The Kier molecular flexibility index (Phi) is 4.87. The number of halogens is 1. The molecule has 0 unspecified atom stereocenters. The highest BCUT2D eigenvalue weighted by molar-refractivity contribution is 8.00. The van der Waals surface area contributed by atoms with Crippen LogP contribution in [-0.2, 0) is 4.79 Å². The third kappa shape index (κ3) is 3.84. The lowest BCUT2D eigenvalue weighted by atomic mass is 10.2. The highest BCUT2D eigenvalue weighted by atomic mass is 35.5. The van der Waals surface area contributed by atoms with Gasteiger partial charge in [-0.15, -0.1) is 10.2 Å². The molecule has 2 N–H and O–H groups in total. The van der Waals surface area contributed by atoms with Gasteiger partial charge in [0.15, 0.2) is 0 Å². The number of carbonyl (C=O) groups is 1. The van der Waals surface area contributed by atoms with E-state index in [0.29, 0.717) is 21.8 Å². The molecule has 2 aromatic heterocycles. The maximum absolute atomic E-state index is 12.4. The normalized spacial score (nSPS) is 12.2. The number of H-pyrrole nitrogens is 1. The van der Waals surface area contributed by atoms with Gasteiger partial charge >= 0.3 is 0 Å². The molecule has 6 nitrogen and oxygen atoms in total. The van der Waals surface area contributed by atoms with Crippen molar-refractivity contribution in [1.82, 2.24) is 15.2 Å². The summed E-state index contributed by atoms with van der Waals surface area (Å²) in [4.78, 5) is 15.5. The molecule has 1 atom stereocenters. The van der Waals surface area contributed by atoms with Crippen molar-refractivity contribution in [3.05, 3.63) is 59.8 Å². The predicted octanol–water partition coefficient (Wildman–Crippen LogP) is 4.99. The first-order chi connectivity index (χ1) is 13.1. The molecule has 1 amide bonds. The van der Waals surface area contributed by atoms with Gasteiger partial charge in [-0.25, -0.2) is 0 Å². The SMILES string of the molecule is C[C@H](Sc1nnc(-c2c[nH]c3ccccc23)o1)C(=O)Nc1cccc(Cl)c1. The van der Waals surface area contributed by atoms with Crippen LogP contribution in [0.4, 0.5) is 5.69 Å². The number of fused-ring (bicyclic) bond motifs is 1. The smallest absolute Gasteiger partial charge is 0.277 e. The van der Waals surface area contributed by atoms with E-state index in [9.17, 15) is 4.79 Å². The van der Waals surface area contributed by atoms with E-state index >= 15 is 0 Å². The summed E-state index contributed by atoms with van der Waals surface area (Å²) in [5.74, 6) is 0.242. The largest absolute Gasteiger partial charge is 0.411 e. The lowest BCUT2D eigenvalue weighted by Crippen LogP contribution is -2.22. The van der Waals surface area contributed by atoms with Crippen molar-refractivity contribution in [2.45, 2.75) is 17.4 Å². The molecule has 8 heteroatoms. The van der Waals surface area contributed by atoms with Crippen LogP contribution in [0.5, 0.6) is 0 Å². The first-order valence-corrected chi connectivity index (χ1v) is 9.49. The first kappa shape index (κ1) is 17.6. The molecular formula is C19H15ClN4O2S. The summed E-state index contributed by atoms with van der Waals surface area (Å²) >= 11 is 7.14. The second-order valence-electron chi connectivity index (χ2n) is 5.88. The van der Waals surface area contributed by atoms with Crippen molar-refractivity contribution < 1.29 is 9.21 Å². The molecule has 0 aliphatic rings. The minimum atomic E-state index is -0.416. The molecule has 0 saturated heterocycles. The summed E-state index contributed by atoms with van der Waals surface area (Å²) in [7, 11) is 0. The van der Waals surface area contributed by atoms with E-state index < -0.39 is 5.25 Å². The predicted molar refractivity (Wildman–Crippen MR) is 107 cm³/mol. The number of nitrogens with zero attached hydrogens (tertiary/aromatic N) is 2. The van der Waals surface area contributed by atoms with E-state index in [-0.39, 0.29) is 5.91 Å². The summed E-state index contributed by atoms with van der Waals surface area (Å²) in [6.07, 6.45) is 1.84. The molecule has 0 aliphatic carbocycles. The van der Waals surface area contributed by atoms with Crippen LogP contribution < -0.4 is 5.32 Å². The molecule has 0 aliphatic heterocycles. The first-order valence-electron chi connectivity index (χ1n) is 8.23. The third-order valence-corrected chi connectivity index (χ3v) is 5.13. The molecule has 0 saturated carbocycles. The maximum Gasteiger partial charge on any atom is 0.277 e. The average Bonchev–Trinajstić information content (AvgIpc) is 3.28. The number of amides is 1. The number of thioether (sulfide) groups is 1. The Hall–Kier alpha value is -2.77.